The average molecular weight is 315 g/mol. The van der Waals surface area contributed by atoms with Gasteiger partial charge in [-0.2, -0.15) is 0 Å². The van der Waals surface area contributed by atoms with E-state index in [0.29, 0.717) is 27.7 Å². The number of carbonyl (C=O) groups is 1. The number of rotatable bonds is 2. The molecule has 108 valence electrons. The van der Waals surface area contributed by atoms with E-state index in [-0.39, 0.29) is 12.1 Å². The van der Waals surface area contributed by atoms with Gasteiger partial charge in [-0.25, -0.2) is 4.79 Å². The van der Waals surface area contributed by atoms with Gasteiger partial charge in [-0.1, -0.05) is 23.2 Å². The van der Waals surface area contributed by atoms with Crippen molar-refractivity contribution in [1.82, 2.24) is 0 Å². The first kappa shape index (κ1) is 14.2. The Morgan fingerprint density at radius 1 is 1.15 bits per heavy atom. The number of nitrogens with one attached hydrogen (secondary N) is 1. The van der Waals surface area contributed by atoms with Crippen LogP contribution in [-0.2, 0) is 4.74 Å². The third kappa shape index (κ3) is 2.80. The Labute approximate surface area is 128 Å². The minimum atomic E-state index is -0.321. The number of quaternary nitrogens is 1. The first-order valence-corrected chi connectivity index (χ1v) is 7.79. The molecule has 0 spiro atoms. The lowest BCUT2D eigenvalue weighted by atomic mass is 10.0. The minimum Gasteiger partial charge on any atom is -0.458 e. The molecule has 2 heterocycles. The number of esters is 1. The van der Waals surface area contributed by atoms with E-state index in [1.54, 1.807) is 23.1 Å². The van der Waals surface area contributed by atoms with Crippen molar-refractivity contribution in [3.63, 3.8) is 0 Å². The Hall–Kier alpha value is -0.770. The second-order valence-corrected chi connectivity index (χ2v) is 6.74. The van der Waals surface area contributed by atoms with Crippen molar-refractivity contribution in [3.05, 3.63) is 33.8 Å². The highest BCUT2D eigenvalue weighted by molar-refractivity contribution is 6.35. The van der Waals surface area contributed by atoms with Crippen molar-refractivity contribution >= 4 is 29.2 Å². The quantitative estimate of drug-likeness (QED) is 0.850. The van der Waals surface area contributed by atoms with Gasteiger partial charge < -0.3 is 9.64 Å². The normalized spacial score (nSPS) is 32.1. The lowest BCUT2D eigenvalue weighted by Gasteiger charge is -2.33. The Morgan fingerprint density at radius 2 is 1.70 bits per heavy atom. The number of ether oxygens (including phenoxy) is 1. The molecule has 2 aliphatic rings. The molecule has 2 bridgehead atoms. The van der Waals surface area contributed by atoms with Crippen LogP contribution >= 0.6 is 23.2 Å². The van der Waals surface area contributed by atoms with Crippen molar-refractivity contribution in [2.75, 3.05) is 7.05 Å². The van der Waals surface area contributed by atoms with E-state index in [2.05, 4.69) is 7.05 Å². The second kappa shape index (κ2) is 5.55. The Balaban J connectivity index is 1.67. The minimum absolute atomic E-state index is 0.0291. The van der Waals surface area contributed by atoms with Crippen molar-refractivity contribution in [1.29, 1.82) is 0 Å². The van der Waals surface area contributed by atoms with E-state index in [9.17, 15) is 4.79 Å². The molecule has 1 N–H and O–H groups in total. The predicted molar refractivity (Wildman–Crippen MR) is 78.6 cm³/mol. The molecule has 4 atom stereocenters. The van der Waals surface area contributed by atoms with E-state index in [4.69, 9.17) is 27.9 Å². The maximum atomic E-state index is 12.2. The van der Waals surface area contributed by atoms with Gasteiger partial charge in [0, 0.05) is 35.7 Å². The Kier molecular flexibility index (Phi) is 3.93. The molecular formula is C15H18Cl2NO2+. The van der Waals surface area contributed by atoms with Gasteiger partial charge in [0.15, 0.2) is 0 Å². The summed E-state index contributed by atoms with van der Waals surface area (Å²) in [6.45, 7) is 0. The highest BCUT2D eigenvalue weighted by atomic mass is 35.5. The molecule has 2 saturated heterocycles. The molecule has 2 fully saturated rings. The molecule has 1 aromatic rings. The van der Waals surface area contributed by atoms with Gasteiger partial charge in [0.25, 0.3) is 0 Å². The smallest absolute Gasteiger partial charge is 0.338 e. The molecule has 3 rings (SSSR count). The fraction of sp³-hybridized carbons (Fsp3) is 0.533. The van der Waals surface area contributed by atoms with Crippen LogP contribution in [0.15, 0.2) is 18.2 Å². The molecule has 0 saturated carbocycles. The van der Waals surface area contributed by atoms with Crippen LogP contribution in [0.2, 0.25) is 10.0 Å². The number of carbonyl (C=O) groups excluding carboxylic acids is 1. The summed E-state index contributed by atoms with van der Waals surface area (Å²) in [7, 11) is 2.25. The molecule has 20 heavy (non-hydrogen) atoms. The number of halogens is 2. The number of piperidine rings is 1. The van der Waals surface area contributed by atoms with Crippen molar-refractivity contribution in [3.8, 4) is 0 Å². The van der Waals surface area contributed by atoms with Gasteiger partial charge in [-0.05, 0) is 18.2 Å². The largest absolute Gasteiger partial charge is 0.458 e. The number of hydrogen-bond donors (Lipinski definition) is 1. The summed E-state index contributed by atoms with van der Waals surface area (Å²) in [6.07, 6.45) is 4.44. The van der Waals surface area contributed by atoms with Crippen LogP contribution in [0.5, 0.6) is 0 Å². The number of hydrogen-bond acceptors (Lipinski definition) is 2. The lowest BCUT2D eigenvalue weighted by molar-refractivity contribution is -0.923. The maximum Gasteiger partial charge on any atom is 0.338 e. The zero-order valence-electron chi connectivity index (χ0n) is 11.4. The van der Waals surface area contributed by atoms with Crippen molar-refractivity contribution in [2.24, 2.45) is 0 Å². The third-order valence-electron chi connectivity index (χ3n) is 4.62. The highest BCUT2D eigenvalue weighted by Gasteiger charge is 2.43. The van der Waals surface area contributed by atoms with E-state index in [1.807, 2.05) is 0 Å². The van der Waals surface area contributed by atoms with Crippen LogP contribution in [0.1, 0.15) is 36.0 Å². The SMILES string of the molecule is C[NH+]1[C@@H]2CC[C@H]1CC(OC(=O)c1cc(Cl)cc(Cl)c1)C2. The molecule has 5 heteroatoms. The predicted octanol–water partition coefficient (Wildman–Crippen LogP) is 2.36. The topological polar surface area (TPSA) is 30.7 Å². The summed E-state index contributed by atoms with van der Waals surface area (Å²) in [5.74, 6) is -0.321. The molecule has 0 amide bonds. The molecule has 2 aliphatic heterocycles. The van der Waals surface area contributed by atoms with E-state index in [0.717, 1.165) is 12.8 Å². The van der Waals surface area contributed by atoms with Crippen LogP contribution in [-0.4, -0.2) is 31.2 Å². The molecular weight excluding hydrogens is 297 g/mol. The average Bonchev–Trinajstić information content (AvgIpc) is 2.61. The summed E-state index contributed by atoms with van der Waals surface area (Å²) in [4.78, 5) is 13.8. The second-order valence-electron chi connectivity index (χ2n) is 5.87. The van der Waals surface area contributed by atoms with Crippen molar-refractivity contribution in [2.45, 2.75) is 43.9 Å². The highest BCUT2D eigenvalue weighted by Crippen LogP contribution is 2.26. The van der Waals surface area contributed by atoms with E-state index < -0.39 is 0 Å². The summed E-state index contributed by atoms with van der Waals surface area (Å²) >= 11 is 11.8. The summed E-state index contributed by atoms with van der Waals surface area (Å²) in [6, 6.07) is 6.08. The molecule has 0 aromatic heterocycles. The first-order valence-electron chi connectivity index (χ1n) is 7.03. The zero-order valence-corrected chi connectivity index (χ0v) is 12.9. The maximum absolute atomic E-state index is 12.2. The summed E-state index contributed by atoms with van der Waals surface area (Å²) in [5, 5.41) is 0.912. The number of benzene rings is 1. The first-order chi connectivity index (χ1) is 9.52. The summed E-state index contributed by atoms with van der Waals surface area (Å²) < 4.78 is 5.65. The van der Waals surface area contributed by atoms with Gasteiger partial charge in [0.1, 0.15) is 6.10 Å². The Bertz CT molecular complexity index is 500. The van der Waals surface area contributed by atoms with E-state index in [1.165, 1.54) is 12.8 Å². The standard InChI is InChI=1S/C15H17Cl2NO2/c1-18-12-2-3-13(18)8-14(7-12)20-15(19)9-4-10(16)6-11(17)5-9/h4-6,12-14H,2-3,7-8H2,1H3/p+1/t12-,13+,14?. The van der Waals surface area contributed by atoms with Gasteiger partial charge in [-0.3, -0.25) is 0 Å². The molecule has 2 unspecified atom stereocenters. The molecule has 3 nitrogen and oxygen atoms in total. The van der Waals surface area contributed by atoms with Crippen LogP contribution in [0, 0.1) is 0 Å². The van der Waals surface area contributed by atoms with Gasteiger partial charge >= 0.3 is 5.97 Å². The fourth-order valence-electron chi connectivity index (χ4n) is 3.52. The van der Waals surface area contributed by atoms with Crippen LogP contribution in [0.3, 0.4) is 0 Å². The third-order valence-corrected chi connectivity index (χ3v) is 5.05. The monoisotopic (exact) mass is 314 g/mol. The zero-order chi connectivity index (χ0) is 14.3. The molecule has 1 aromatic carbocycles. The van der Waals surface area contributed by atoms with Gasteiger partial charge in [-0.15, -0.1) is 0 Å². The van der Waals surface area contributed by atoms with E-state index >= 15 is 0 Å². The van der Waals surface area contributed by atoms with Crippen LogP contribution < -0.4 is 4.90 Å². The fourth-order valence-corrected chi connectivity index (χ4v) is 4.04. The van der Waals surface area contributed by atoms with Gasteiger partial charge in [0.05, 0.1) is 24.7 Å². The van der Waals surface area contributed by atoms with Gasteiger partial charge in [0.2, 0.25) is 0 Å². The van der Waals surface area contributed by atoms with Crippen LogP contribution in [0.4, 0.5) is 0 Å². The molecule has 0 aliphatic carbocycles. The lowest BCUT2D eigenvalue weighted by Crippen LogP contribution is -3.15. The summed E-state index contributed by atoms with van der Waals surface area (Å²) in [5.41, 5.74) is 0.432. The Morgan fingerprint density at radius 3 is 2.25 bits per heavy atom. The van der Waals surface area contributed by atoms with Crippen molar-refractivity contribution < 1.29 is 14.4 Å². The van der Waals surface area contributed by atoms with Crippen LogP contribution in [0.25, 0.3) is 0 Å². The number of fused-ring (bicyclic) bond motifs is 2. The molecule has 0 radical (unpaired) electrons.